The van der Waals surface area contributed by atoms with Crippen molar-refractivity contribution in [3.8, 4) is 17.2 Å². The molecular weight excluding hydrogens is 556 g/mol. The molecule has 3 aromatic rings. The van der Waals surface area contributed by atoms with Gasteiger partial charge in [-0.2, -0.15) is 0 Å². The average Bonchev–Trinajstić information content (AvgIpc) is 2.92. The van der Waals surface area contributed by atoms with Crippen molar-refractivity contribution in [1.29, 1.82) is 0 Å². The van der Waals surface area contributed by atoms with Crippen LogP contribution in [-0.2, 0) is 16.0 Å². The molecule has 0 heterocycles. The summed E-state index contributed by atoms with van der Waals surface area (Å²) >= 11 is 3.36. The molecule has 0 fully saturated rings. The number of rotatable bonds is 11. The second kappa shape index (κ2) is 13.3. The van der Waals surface area contributed by atoms with Crippen LogP contribution in [-0.4, -0.2) is 50.3 Å². The molecule has 0 aliphatic rings. The van der Waals surface area contributed by atoms with E-state index >= 15 is 0 Å². The lowest BCUT2D eigenvalue weighted by Gasteiger charge is -2.18. The maximum Gasteiger partial charge on any atom is 0.326 e. The first-order valence-corrected chi connectivity index (χ1v) is 12.2. The molecule has 0 aliphatic heterocycles. The third-order valence-electron chi connectivity index (χ3n) is 5.49. The molecule has 3 N–H and O–H groups in total. The predicted octanol–water partition coefficient (Wildman–Crippen LogP) is 4.06. The lowest BCUT2D eigenvalue weighted by molar-refractivity contribution is -0.141. The summed E-state index contributed by atoms with van der Waals surface area (Å²) in [5.41, 5.74) is 1.33. The van der Waals surface area contributed by atoms with Crippen LogP contribution in [0.1, 0.15) is 21.5 Å². The SMILES string of the molecule is COc1cc(C(=O)NC(=Cc2ccc(Br)cc2)C(=O)NC(Cc2ccccc2)C(=O)O)cc(OC)c1OC. The van der Waals surface area contributed by atoms with Gasteiger partial charge in [-0.05, 0) is 41.5 Å². The number of aliphatic carboxylic acids is 1. The molecule has 0 saturated carbocycles. The van der Waals surface area contributed by atoms with Crippen molar-refractivity contribution in [3.63, 3.8) is 0 Å². The van der Waals surface area contributed by atoms with Gasteiger partial charge in [0.25, 0.3) is 11.8 Å². The zero-order valence-corrected chi connectivity index (χ0v) is 22.6. The van der Waals surface area contributed by atoms with E-state index in [1.54, 1.807) is 48.5 Å². The number of carboxylic acids is 1. The number of nitrogens with one attached hydrogen (secondary N) is 2. The van der Waals surface area contributed by atoms with Crippen molar-refractivity contribution < 1.29 is 33.7 Å². The molecule has 38 heavy (non-hydrogen) atoms. The highest BCUT2D eigenvalue weighted by atomic mass is 79.9. The van der Waals surface area contributed by atoms with Crippen LogP contribution >= 0.6 is 15.9 Å². The highest BCUT2D eigenvalue weighted by Gasteiger charge is 2.24. The lowest BCUT2D eigenvalue weighted by atomic mass is 10.1. The van der Waals surface area contributed by atoms with Crippen molar-refractivity contribution in [1.82, 2.24) is 10.6 Å². The number of carboxylic acid groups (broad SMARTS) is 1. The number of carbonyl (C=O) groups is 3. The summed E-state index contributed by atoms with van der Waals surface area (Å²) in [6.45, 7) is 0. The fourth-order valence-corrected chi connectivity index (χ4v) is 3.84. The lowest BCUT2D eigenvalue weighted by Crippen LogP contribution is -2.45. The molecule has 1 unspecified atom stereocenters. The number of hydrogen-bond acceptors (Lipinski definition) is 6. The number of halogens is 1. The van der Waals surface area contributed by atoms with Crippen molar-refractivity contribution in [2.45, 2.75) is 12.5 Å². The monoisotopic (exact) mass is 582 g/mol. The van der Waals surface area contributed by atoms with E-state index in [1.165, 1.54) is 39.5 Å². The van der Waals surface area contributed by atoms with E-state index in [0.717, 1.165) is 10.0 Å². The van der Waals surface area contributed by atoms with Crippen LogP contribution in [0.15, 0.2) is 76.9 Å². The van der Waals surface area contributed by atoms with Gasteiger partial charge in [0.05, 0.1) is 21.3 Å². The molecule has 0 aliphatic carbocycles. The molecule has 0 aromatic heterocycles. The minimum Gasteiger partial charge on any atom is -0.493 e. The molecule has 9 nitrogen and oxygen atoms in total. The fourth-order valence-electron chi connectivity index (χ4n) is 3.58. The van der Waals surface area contributed by atoms with E-state index in [2.05, 4.69) is 26.6 Å². The number of ether oxygens (including phenoxy) is 3. The van der Waals surface area contributed by atoms with E-state index in [1.807, 2.05) is 6.07 Å². The normalized spacial score (nSPS) is 11.7. The molecule has 2 amide bonds. The maximum absolute atomic E-state index is 13.3. The van der Waals surface area contributed by atoms with Gasteiger partial charge in [-0.25, -0.2) is 4.79 Å². The van der Waals surface area contributed by atoms with Crippen LogP contribution in [0.4, 0.5) is 0 Å². The first-order chi connectivity index (χ1) is 18.2. The molecule has 198 valence electrons. The quantitative estimate of drug-likeness (QED) is 0.291. The number of carbonyl (C=O) groups excluding carboxylic acids is 2. The van der Waals surface area contributed by atoms with Gasteiger partial charge < -0.3 is 30.0 Å². The van der Waals surface area contributed by atoms with Crippen LogP contribution in [0.5, 0.6) is 17.2 Å². The Labute approximate surface area is 228 Å². The average molecular weight is 583 g/mol. The Morgan fingerprint density at radius 1 is 0.921 bits per heavy atom. The van der Waals surface area contributed by atoms with Crippen molar-refractivity contribution >= 4 is 39.8 Å². The van der Waals surface area contributed by atoms with Crippen LogP contribution in [0.25, 0.3) is 6.08 Å². The Morgan fingerprint density at radius 2 is 1.53 bits per heavy atom. The molecule has 0 radical (unpaired) electrons. The van der Waals surface area contributed by atoms with Gasteiger partial charge >= 0.3 is 5.97 Å². The fraction of sp³-hybridized carbons (Fsp3) is 0.179. The Balaban J connectivity index is 1.93. The molecule has 3 rings (SSSR count). The van der Waals surface area contributed by atoms with Crippen LogP contribution < -0.4 is 24.8 Å². The summed E-state index contributed by atoms with van der Waals surface area (Å²) in [5.74, 6) is -1.79. The standard InChI is InChI=1S/C28H27BrN2O7/c1-36-23-15-19(16-24(37-2)25(23)38-3)26(32)30-21(13-18-9-11-20(29)12-10-18)27(33)31-22(28(34)35)14-17-7-5-4-6-8-17/h4-13,15-16,22H,14H2,1-3H3,(H,30,32)(H,31,33)(H,34,35). The first kappa shape index (κ1) is 28.3. The zero-order valence-electron chi connectivity index (χ0n) is 21.0. The summed E-state index contributed by atoms with van der Waals surface area (Å²) < 4.78 is 16.8. The zero-order chi connectivity index (χ0) is 27.7. The van der Waals surface area contributed by atoms with Crippen molar-refractivity contribution in [2.75, 3.05) is 21.3 Å². The van der Waals surface area contributed by atoms with Gasteiger partial charge in [0, 0.05) is 16.5 Å². The number of amides is 2. The van der Waals surface area contributed by atoms with Gasteiger partial charge in [0.2, 0.25) is 5.75 Å². The molecule has 0 spiro atoms. The molecule has 3 aromatic carbocycles. The Bertz CT molecular complexity index is 1300. The van der Waals surface area contributed by atoms with Crippen molar-refractivity contribution in [2.24, 2.45) is 0 Å². The highest BCUT2D eigenvalue weighted by Crippen LogP contribution is 2.38. The van der Waals surface area contributed by atoms with Gasteiger partial charge in [-0.15, -0.1) is 0 Å². The van der Waals surface area contributed by atoms with Crippen LogP contribution in [0.2, 0.25) is 0 Å². The van der Waals surface area contributed by atoms with E-state index in [0.29, 0.717) is 11.3 Å². The number of benzene rings is 3. The summed E-state index contributed by atoms with van der Waals surface area (Å²) in [6.07, 6.45) is 1.52. The number of methoxy groups -OCH3 is 3. The maximum atomic E-state index is 13.3. The molecule has 0 bridgehead atoms. The summed E-state index contributed by atoms with van der Waals surface area (Å²) in [5, 5.41) is 14.9. The van der Waals surface area contributed by atoms with Gasteiger partial charge in [-0.1, -0.05) is 58.4 Å². The molecule has 1 atom stereocenters. The third-order valence-corrected chi connectivity index (χ3v) is 6.02. The van der Waals surface area contributed by atoms with Gasteiger partial charge in [0.15, 0.2) is 11.5 Å². The summed E-state index contributed by atoms with van der Waals surface area (Å²) in [4.78, 5) is 38.5. The third kappa shape index (κ3) is 7.36. The van der Waals surface area contributed by atoms with Crippen LogP contribution in [0, 0.1) is 0 Å². The Hall–Kier alpha value is -4.31. The topological polar surface area (TPSA) is 123 Å². The second-order valence-electron chi connectivity index (χ2n) is 8.03. The molecule has 10 heteroatoms. The van der Waals surface area contributed by atoms with Gasteiger partial charge in [0.1, 0.15) is 11.7 Å². The van der Waals surface area contributed by atoms with Gasteiger partial charge in [-0.3, -0.25) is 9.59 Å². The van der Waals surface area contributed by atoms with E-state index in [9.17, 15) is 19.5 Å². The molecular formula is C28H27BrN2O7. The predicted molar refractivity (Wildman–Crippen MR) is 145 cm³/mol. The van der Waals surface area contributed by atoms with Crippen molar-refractivity contribution in [3.05, 3.63) is 93.6 Å². The highest BCUT2D eigenvalue weighted by molar-refractivity contribution is 9.10. The largest absolute Gasteiger partial charge is 0.493 e. The minimum atomic E-state index is -1.23. The smallest absolute Gasteiger partial charge is 0.326 e. The minimum absolute atomic E-state index is 0.0638. The van der Waals surface area contributed by atoms with E-state index in [-0.39, 0.29) is 29.2 Å². The Morgan fingerprint density at radius 3 is 2.05 bits per heavy atom. The van der Waals surface area contributed by atoms with Crippen LogP contribution in [0.3, 0.4) is 0 Å². The summed E-state index contributed by atoms with van der Waals surface area (Å²) in [7, 11) is 4.28. The van der Waals surface area contributed by atoms with E-state index < -0.39 is 23.8 Å². The Kier molecular flexibility index (Phi) is 9.89. The van der Waals surface area contributed by atoms with E-state index in [4.69, 9.17) is 14.2 Å². The number of hydrogen-bond donors (Lipinski definition) is 3. The summed E-state index contributed by atoms with van der Waals surface area (Å²) in [6, 6.07) is 17.6. The first-order valence-electron chi connectivity index (χ1n) is 11.4. The molecule has 0 saturated heterocycles. The second-order valence-corrected chi connectivity index (χ2v) is 8.95.